The number of carbonyl (C=O) groups is 1. The van der Waals surface area contributed by atoms with Gasteiger partial charge in [0.1, 0.15) is 0 Å². The van der Waals surface area contributed by atoms with Gasteiger partial charge in [0.05, 0.1) is 6.10 Å². The molecule has 1 aromatic heterocycles. The average molecular weight is 364 g/mol. The van der Waals surface area contributed by atoms with Crippen LogP contribution in [0, 0.1) is 0 Å². The van der Waals surface area contributed by atoms with Crippen molar-refractivity contribution in [3.63, 3.8) is 0 Å². The second-order valence-corrected chi connectivity index (χ2v) is 6.70. The molecule has 2 atom stereocenters. The van der Waals surface area contributed by atoms with E-state index in [0.717, 1.165) is 5.56 Å². The summed E-state index contributed by atoms with van der Waals surface area (Å²) < 4.78 is 5.39. The predicted octanol–water partition coefficient (Wildman–Crippen LogP) is 3.39. The van der Waals surface area contributed by atoms with Gasteiger partial charge < -0.3 is 19.6 Å². The van der Waals surface area contributed by atoms with Crippen LogP contribution in [0.5, 0.6) is 0 Å². The molecule has 3 aromatic rings. The summed E-state index contributed by atoms with van der Waals surface area (Å²) >= 11 is 0. The number of rotatable bonds is 4. The highest BCUT2D eigenvalue weighted by molar-refractivity contribution is 5.99. The molecule has 1 fully saturated rings. The van der Waals surface area contributed by atoms with Gasteiger partial charge in [0.15, 0.2) is 17.1 Å². The molecule has 0 saturated carbocycles. The standard InChI is InChI=1S/C21H20N2O4/c24-17-13-23(12-11-16(17)14-7-3-1-4-8-14)20-18(21(25)26)19(27-22-20)15-9-5-2-6-10-15/h1-10,16-17,24H,11-13H2,(H,25,26)/t16-,17-/m1/s1. The van der Waals surface area contributed by atoms with Crippen molar-refractivity contribution in [1.29, 1.82) is 0 Å². The van der Waals surface area contributed by atoms with Crippen LogP contribution in [-0.2, 0) is 0 Å². The van der Waals surface area contributed by atoms with Crippen molar-refractivity contribution in [2.75, 3.05) is 18.0 Å². The minimum absolute atomic E-state index is 0.0243. The first-order valence-electron chi connectivity index (χ1n) is 8.91. The molecule has 0 bridgehead atoms. The first kappa shape index (κ1) is 17.3. The summed E-state index contributed by atoms with van der Waals surface area (Å²) in [6.07, 6.45) is 0.0947. The molecule has 0 unspecified atom stereocenters. The van der Waals surface area contributed by atoms with E-state index in [1.807, 2.05) is 48.5 Å². The van der Waals surface area contributed by atoms with Gasteiger partial charge in [0.25, 0.3) is 0 Å². The Morgan fingerprint density at radius 3 is 2.37 bits per heavy atom. The fraction of sp³-hybridized carbons (Fsp3) is 0.238. The monoisotopic (exact) mass is 364 g/mol. The predicted molar refractivity (Wildman–Crippen MR) is 101 cm³/mol. The molecule has 2 N–H and O–H groups in total. The summed E-state index contributed by atoms with van der Waals surface area (Å²) in [5, 5.41) is 24.4. The lowest BCUT2D eigenvalue weighted by atomic mass is 9.87. The zero-order valence-electron chi connectivity index (χ0n) is 14.7. The van der Waals surface area contributed by atoms with E-state index in [9.17, 15) is 15.0 Å². The average Bonchev–Trinajstić information content (AvgIpc) is 3.15. The highest BCUT2D eigenvalue weighted by Gasteiger charge is 2.34. The van der Waals surface area contributed by atoms with Crippen molar-refractivity contribution in [2.24, 2.45) is 0 Å². The molecular weight excluding hydrogens is 344 g/mol. The lowest BCUT2D eigenvalue weighted by molar-refractivity contribution is 0.0697. The maximum Gasteiger partial charge on any atom is 0.343 e. The Labute approximate surface area is 156 Å². The number of hydrogen-bond donors (Lipinski definition) is 2. The van der Waals surface area contributed by atoms with E-state index in [1.165, 1.54) is 0 Å². The number of carboxylic acids is 1. The zero-order chi connectivity index (χ0) is 18.8. The number of anilines is 1. The summed E-state index contributed by atoms with van der Waals surface area (Å²) in [6, 6.07) is 18.9. The number of aromatic nitrogens is 1. The molecule has 0 aliphatic carbocycles. The molecule has 1 saturated heterocycles. The number of piperidine rings is 1. The van der Waals surface area contributed by atoms with E-state index in [2.05, 4.69) is 5.16 Å². The second-order valence-electron chi connectivity index (χ2n) is 6.70. The van der Waals surface area contributed by atoms with Gasteiger partial charge in [-0.1, -0.05) is 65.8 Å². The fourth-order valence-electron chi connectivity index (χ4n) is 3.69. The molecule has 1 aliphatic rings. The molecule has 2 aromatic carbocycles. The van der Waals surface area contributed by atoms with Crippen LogP contribution in [0.4, 0.5) is 5.82 Å². The van der Waals surface area contributed by atoms with Crippen molar-refractivity contribution in [3.05, 3.63) is 71.8 Å². The number of carboxylic acid groups (broad SMARTS) is 1. The van der Waals surface area contributed by atoms with Crippen molar-refractivity contribution in [1.82, 2.24) is 5.16 Å². The van der Waals surface area contributed by atoms with Gasteiger partial charge in [-0.3, -0.25) is 0 Å². The van der Waals surface area contributed by atoms with E-state index in [4.69, 9.17) is 4.52 Å². The van der Waals surface area contributed by atoms with Crippen molar-refractivity contribution < 1.29 is 19.5 Å². The Kier molecular flexibility index (Phi) is 4.64. The lowest BCUT2D eigenvalue weighted by Gasteiger charge is -2.36. The van der Waals surface area contributed by atoms with E-state index >= 15 is 0 Å². The van der Waals surface area contributed by atoms with Gasteiger partial charge in [-0.05, 0) is 12.0 Å². The van der Waals surface area contributed by atoms with E-state index in [-0.39, 0.29) is 23.1 Å². The van der Waals surface area contributed by atoms with Crippen LogP contribution in [0.25, 0.3) is 11.3 Å². The topological polar surface area (TPSA) is 86.8 Å². The van der Waals surface area contributed by atoms with Gasteiger partial charge >= 0.3 is 5.97 Å². The van der Waals surface area contributed by atoms with Crippen LogP contribution in [0.1, 0.15) is 28.3 Å². The minimum Gasteiger partial charge on any atom is -0.477 e. The number of nitrogens with zero attached hydrogens (tertiary/aromatic N) is 2. The number of aliphatic hydroxyl groups excluding tert-OH is 1. The largest absolute Gasteiger partial charge is 0.477 e. The number of aromatic carboxylic acids is 1. The maximum absolute atomic E-state index is 11.9. The smallest absolute Gasteiger partial charge is 0.343 e. The van der Waals surface area contributed by atoms with Gasteiger partial charge in [0.2, 0.25) is 0 Å². The maximum atomic E-state index is 11.9. The summed E-state index contributed by atoms with van der Waals surface area (Å²) in [6.45, 7) is 0.901. The molecule has 6 heteroatoms. The Balaban J connectivity index is 1.62. The van der Waals surface area contributed by atoms with Crippen LogP contribution in [0.3, 0.4) is 0 Å². The molecule has 2 heterocycles. The van der Waals surface area contributed by atoms with E-state index in [0.29, 0.717) is 25.1 Å². The zero-order valence-corrected chi connectivity index (χ0v) is 14.7. The molecule has 27 heavy (non-hydrogen) atoms. The van der Waals surface area contributed by atoms with E-state index < -0.39 is 12.1 Å². The second kappa shape index (κ2) is 7.25. The van der Waals surface area contributed by atoms with Gasteiger partial charge in [-0.15, -0.1) is 0 Å². The summed E-state index contributed by atoms with van der Waals surface area (Å²) in [7, 11) is 0. The molecule has 6 nitrogen and oxygen atoms in total. The third kappa shape index (κ3) is 3.31. The summed E-state index contributed by atoms with van der Waals surface area (Å²) in [5.41, 5.74) is 1.79. The Morgan fingerprint density at radius 2 is 1.74 bits per heavy atom. The molecule has 0 radical (unpaired) electrons. The Bertz CT molecular complexity index is 924. The number of β-amino-alcohol motifs (C(OH)–C–C–N with tert-alkyl or cyclic N) is 1. The third-order valence-electron chi connectivity index (χ3n) is 5.03. The number of hydrogen-bond acceptors (Lipinski definition) is 5. The van der Waals surface area contributed by atoms with Crippen molar-refractivity contribution >= 4 is 11.8 Å². The minimum atomic E-state index is -1.09. The lowest BCUT2D eigenvalue weighted by Crippen LogP contribution is -2.43. The SMILES string of the molecule is O=C(O)c1c(N2CC[C@H](c3ccccc3)[C@H](O)C2)noc1-c1ccccc1. The number of aliphatic hydroxyl groups is 1. The highest BCUT2D eigenvalue weighted by atomic mass is 16.5. The van der Waals surface area contributed by atoms with Crippen LogP contribution < -0.4 is 4.90 Å². The van der Waals surface area contributed by atoms with Gasteiger partial charge in [-0.25, -0.2) is 4.79 Å². The number of benzene rings is 2. The fourth-order valence-corrected chi connectivity index (χ4v) is 3.69. The molecule has 0 spiro atoms. The third-order valence-corrected chi connectivity index (χ3v) is 5.03. The van der Waals surface area contributed by atoms with Crippen molar-refractivity contribution in [2.45, 2.75) is 18.4 Å². The van der Waals surface area contributed by atoms with Crippen LogP contribution >= 0.6 is 0 Å². The molecule has 0 amide bonds. The van der Waals surface area contributed by atoms with Crippen LogP contribution in [-0.4, -0.2) is 40.5 Å². The quantitative estimate of drug-likeness (QED) is 0.738. The first-order valence-corrected chi connectivity index (χ1v) is 8.91. The molecule has 1 aliphatic heterocycles. The highest BCUT2D eigenvalue weighted by Crippen LogP contribution is 2.35. The first-order chi connectivity index (χ1) is 13.1. The van der Waals surface area contributed by atoms with Crippen molar-refractivity contribution in [3.8, 4) is 11.3 Å². The van der Waals surface area contributed by atoms with Gasteiger partial charge in [-0.2, -0.15) is 0 Å². The Hall–Kier alpha value is -3.12. The van der Waals surface area contributed by atoms with Gasteiger partial charge in [0, 0.05) is 24.6 Å². The summed E-state index contributed by atoms with van der Waals surface area (Å²) in [4.78, 5) is 13.7. The molecule has 138 valence electrons. The summed E-state index contributed by atoms with van der Waals surface area (Å²) in [5.74, 6) is -0.564. The Morgan fingerprint density at radius 1 is 1.07 bits per heavy atom. The van der Waals surface area contributed by atoms with E-state index in [1.54, 1.807) is 17.0 Å². The normalized spacial score (nSPS) is 19.8. The molecule has 4 rings (SSSR count). The molecular formula is C21H20N2O4. The van der Waals surface area contributed by atoms with Crippen LogP contribution in [0.15, 0.2) is 65.2 Å². The van der Waals surface area contributed by atoms with Crippen LogP contribution in [0.2, 0.25) is 0 Å².